The lowest BCUT2D eigenvalue weighted by molar-refractivity contribution is -0.0279. The summed E-state index contributed by atoms with van der Waals surface area (Å²) in [7, 11) is 0. The van der Waals surface area contributed by atoms with Crippen LogP contribution >= 0.6 is 0 Å². The highest BCUT2D eigenvalue weighted by molar-refractivity contribution is 5.19. The molecule has 104 valence electrons. The zero-order valence-electron chi connectivity index (χ0n) is 11.4. The average molecular weight is 269 g/mol. The van der Waals surface area contributed by atoms with E-state index in [-0.39, 0.29) is 0 Å². The van der Waals surface area contributed by atoms with Gasteiger partial charge in [0.05, 0.1) is 5.60 Å². The molecule has 20 heavy (non-hydrogen) atoms. The topological polar surface area (TPSA) is 49.3 Å². The smallest absolute Gasteiger partial charge is 0.0935 e. The zero-order valence-corrected chi connectivity index (χ0v) is 11.4. The maximum atomic E-state index is 10.7. The predicted molar refractivity (Wildman–Crippen MR) is 76.9 cm³/mol. The number of hydrogen-bond acceptors (Lipinski definition) is 4. The van der Waals surface area contributed by atoms with E-state index in [1.165, 1.54) is 5.56 Å². The Kier molecular flexibility index (Phi) is 3.76. The molecule has 1 fully saturated rings. The van der Waals surface area contributed by atoms with E-state index in [1.54, 1.807) is 12.4 Å². The molecule has 0 atom stereocenters. The van der Waals surface area contributed by atoms with Crippen molar-refractivity contribution in [1.82, 2.24) is 14.9 Å². The first kappa shape index (κ1) is 13.2. The molecule has 0 aliphatic carbocycles. The SMILES string of the molecule is OC1(c2cccnc2)CCN(Cc2ccncc2)CC1. The summed E-state index contributed by atoms with van der Waals surface area (Å²) in [6, 6.07) is 7.94. The lowest BCUT2D eigenvalue weighted by Gasteiger charge is -2.38. The van der Waals surface area contributed by atoms with Crippen molar-refractivity contribution in [2.75, 3.05) is 13.1 Å². The maximum Gasteiger partial charge on any atom is 0.0935 e. The molecule has 0 aromatic carbocycles. The van der Waals surface area contributed by atoms with Crippen molar-refractivity contribution >= 4 is 0 Å². The van der Waals surface area contributed by atoms with Gasteiger partial charge in [0.1, 0.15) is 0 Å². The second-order valence-electron chi connectivity index (χ2n) is 5.40. The van der Waals surface area contributed by atoms with Gasteiger partial charge in [-0.2, -0.15) is 0 Å². The van der Waals surface area contributed by atoms with Crippen LogP contribution in [-0.2, 0) is 12.1 Å². The van der Waals surface area contributed by atoms with E-state index in [2.05, 4.69) is 14.9 Å². The molecule has 0 spiro atoms. The van der Waals surface area contributed by atoms with Crippen molar-refractivity contribution in [3.05, 3.63) is 60.2 Å². The molecule has 1 aliphatic rings. The zero-order chi connectivity index (χ0) is 13.8. The second-order valence-corrected chi connectivity index (χ2v) is 5.40. The summed E-state index contributed by atoms with van der Waals surface area (Å²) in [4.78, 5) is 10.5. The van der Waals surface area contributed by atoms with E-state index in [0.29, 0.717) is 0 Å². The van der Waals surface area contributed by atoms with Crippen LogP contribution in [0.3, 0.4) is 0 Å². The summed E-state index contributed by atoms with van der Waals surface area (Å²) in [5, 5.41) is 10.7. The molecule has 1 saturated heterocycles. The van der Waals surface area contributed by atoms with E-state index in [0.717, 1.165) is 38.0 Å². The Balaban J connectivity index is 1.62. The van der Waals surface area contributed by atoms with E-state index < -0.39 is 5.60 Å². The van der Waals surface area contributed by atoms with Crippen molar-refractivity contribution < 1.29 is 5.11 Å². The third-order valence-corrected chi connectivity index (χ3v) is 4.04. The predicted octanol–water partition coefficient (Wildman–Crippen LogP) is 1.96. The van der Waals surface area contributed by atoms with Gasteiger partial charge < -0.3 is 5.11 Å². The Hall–Kier alpha value is -1.78. The van der Waals surface area contributed by atoms with Crippen LogP contribution in [0.4, 0.5) is 0 Å². The first-order valence-corrected chi connectivity index (χ1v) is 7.00. The third-order valence-electron chi connectivity index (χ3n) is 4.04. The second kappa shape index (κ2) is 5.69. The van der Waals surface area contributed by atoms with Crippen molar-refractivity contribution in [3.8, 4) is 0 Å². The Labute approximate surface area is 119 Å². The van der Waals surface area contributed by atoms with Gasteiger partial charge in [-0.25, -0.2) is 0 Å². The van der Waals surface area contributed by atoms with Crippen LogP contribution in [0.15, 0.2) is 49.1 Å². The van der Waals surface area contributed by atoms with Crippen molar-refractivity contribution in [1.29, 1.82) is 0 Å². The Bertz CT molecular complexity index is 536. The van der Waals surface area contributed by atoms with Gasteiger partial charge in [-0.1, -0.05) is 6.07 Å². The van der Waals surface area contributed by atoms with Crippen LogP contribution < -0.4 is 0 Å². The van der Waals surface area contributed by atoms with Crippen LogP contribution in [0, 0.1) is 0 Å². The van der Waals surface area contributed by atoms with E-state index in [9.17, 15) is 5.11 Å². The van der Waals surface area contributed by atoms with Crippen molar-refractivity contribution in [2.45, 2.75) is 25.0 Å². The highest BCUT2D eigenvalue weighted by Gasteiger charge is 2.33. The molecule has 0 saturated carbocycles. The first-order chi connectivity index (χ1) is 9.76. The Morgan fingerprint density at radius 1 is 1.05 bits per heavy atom. The summed E-state index contributed by atoms with van der Waals surface area (Å²) in [6.07, 6.45) is 8.67. The number of pyridine rings is 2. The minimum absolute atomic E-state index is 0.719. The molecule has 1 N–H and O–H groups in total. The van der Waals surface area contributed by atoms with Gasteiger partial charge in [-0.05, 0) is 36.6 Å². The highest BCUT2D eigenvalue weighted by Crippen LogP contribution is 2.32. The van der Waals surface area contributed by atoms with E-state index in [4.69, 9.17) is 0 Å². The quantitative estimate of drug-likeness (QED) is 0.925. The fourth-order valence-electron chi connectivity index (χ4n) is 2.75. The standard InChI is InChI=1S/C16H19N3O/c20-16(15-2-1-7-18-12-15)5-10-19(11-6-16)13-14-3-8-17-9-4-14/h1-4,7-9,12,20H,5-6,10-11,13H2. The van der Waals surface area contributed by atoms with Crippen molar-refractivity contribution in [2.24, 2.45) is 0 Å². The van der Waals surface area contributed by atoms with E-state index >= 15 is 0 Å². The Morgan fingerprint density at radius 2 is 1.80 bits per heavy atom. The molecule has 2 aromatic heterocycles. The molecule has 3 rings (SSSR count). The largest absolute Gasteiger partial charge is 0.385 e. The molecule has 0 amide bonds. The number of hydrogen-bond donors (Lipinski definition) is 1. The lowest BCUT2D eigenvalue weighted by atomic mass is 9.85. The lowest BCUT2D eigenvalue weighted by Crippen LogP contribution is -2.42. The fraction of sp³-hybridized carbons (Fsp3) is 0.375. The maximum absolute atomic E-state index is 10.7. The summed E-state index contributed by atoms with van der Waals surface area (Å²) < 4.78 is 0. The molecule has 0 bridgehead atoms. The number of aromatic nitrogens is 2. The number of aliphatic hydroxyl groups is 1. The molecule has 0 radical (unpaired) electrons. The summed E-state index contributed by atoms with van der Waals surface area (Å²) in [5.41, 5.74) is 1.48. The number of likely N-dealkylation sites (tertiary alicyclic amines) is 1. The molecule has 4 heteroatoms. The van der Waals surface area contributed by atoms with Crippen LogP contribution in [0.1, 0.15) is 24.0 Å². The van der Waals surface area contributed by atoms with Crippen LogP contribution in [-0.4, -0.2) is 33.1 Å². The molecular weight excluding hydrogens is 250 g/mol. The van der Waals surface area contributed by atoms with Gasteiger partial charge in [-0.15, -0.1) is 0 Å². The van der Waals surface area contributed by atoms with Gasteiger partial charge in [0.2, 0.25) is 0 Å². The van der Waals surface area contributed by atoms with Gasteiger partial charge in [-0.3, -0.25) is 14.9 Å². The van der Waals surface area contributed by atoms with Crippen LogP contribution in [0.5, 0.6) is 0 Å². The number of nitrogens with zero attached hydrogens (tertiary/aromatic N) is 3. The van der Waals surface area contributed by atoms with Crippen LogP contribution in [0.25, 0.3) is 0 Å². The molecular formula is C16H19N3O. The molecule has 4 nitrogen and oxygen atoms in total. The van der Waals surface area contributed by atoms with Gasteiger partial charge in [0, 0.05) is 50.0 Å². The highest BCUT2D eigenvalue weighted by atomic mass is 16.3. The number of rotatable bonds is 3. The first-order valence-electron chi connectivity index (χ1n) is 7.00. The number of piperidine rings is 1. The Morgan fingerprint density at radius 3 is 2.45 bits per heavy atom. The fourth-order valence-corrected chi connectivity index (χ4v) is 2.75. The normalized spacial score (nSPS) is 18.9. The molecule has 3 heterocycles. The molecule has 1 aliphatic heterocycles. The average Bonchev–Trinajstić information content (AvgIpc) is 2.52. The van der Waals surface area contributed by atoms with E-state index in [1.807, 2.05) is 36.7 Å². The van der Waals surface area contributed by atoms with Crippen LogP contribution in [0.2, 0.25) is 0 Å². The monoisotopic (exact) mass is 269 g/mol. The third kappa shape index (κ3) is 2.86. The van der Waals surface area contributed by atoms with Gasteiger partial charge in [0.15, 0.2) is 0 Å². The molecule has 0 unspecified atom stereocenters. The summed E-state index contributed by atoms with van der Waals surface area (Å²) in [6.45, 7) is 2.72. The van der Waals surface area contributed by atoms with Gasteiger partial charge in [0.25, 0.3) is 0 Å². The molecule has 2 aromatic rings. The van der Waals surface area contributed by atoms with Gasteiger partial charge >= 0.3 is 0 Å². The minimum Gasteiger partial charge on any atom is -0.385 e. The van der Waals surface area contributed by atoms with Crippen molar-refractivity contribution in [3.63, 3.8) is 0 Å². The minimum atomic E-state index is -0.719. The summed E-state index contributed by atoms with van der Waals surface area (Å²) in [5.74, 6) is 0. The summed E-state index contributed by atoms with van der Waals surface area (Å²) >= 11 is 0.